The molecule has 2 rings (SSSR count). The van der Waals surface area contributed by atoms with Crippen LogP contribution in [0.3, 0.4) is 0 Å². The Morgan fingerprint density at radius 3 is 2.85 bits per heavy atom. The number of hydrogen-bond donors (Lipinski definition) is 0. The van der Waals surface area contributed by atoms with Crippen LogP contribution in [0.4, 0.5) is 4.39 Å². The number of aryl methyl sites for hydroxylation is 1. The molecule has 3 nitrogen and oxygen atoms in total. The Kier molecular flexibility index (Phi) is 5.04. The molecule has 1 fully saturated rings. The molecular formula is C14H19ClFNO2S. The fourth-order valence-corrected chi connectivity index (χ4v) is 4.75. The lowest BCUT2D eigenvalue weighted by Gasteiger charge is -2.32. The second-order valence-corrected chi connectivity index (χ2v) is 7.54. The molecule has 20 heavy (non-hydrogen) atoms. The predicted octanol–water partition coefficient (Wildman–Crippen LogP) is 3.16. The third-order valence-corrected chi connectivity index (χ3v) is 6.00. The van der Waals surface area contributed by atoms with Crippen LogP contribution < -0.4 is 0 Å². The molecule has 1 atom stereocenters. The molecule has 0 spiro atoms. The van der Waals surface area contributed by atoms with Gasteiger partial charge in [-0.3, -0.25) is 0 Å². The number of rotatable bonds is 4. The molecule has 0 amide bonds. The number of nitrogens with zero attached hydrogens (tertiary/aromatic N) is 1. The van der Waals surface area contributed by atoms with Gasteiger partial charge in [0.25, 0.3) is 0 Å². The highest BCUT2D eigenvalue weighted by atomic mass is 35.5. The van der Waals surface area contributed by atoms with Gasteiger partial charge in [-0.1, -0.05) is 0 Å². The van der Waals surface area contributed by atoms with Gasteiger partial charge in [-0.05, 0) is 55.9 Å². The maximum Gasteiger partial charge on any atom is 0.243 e. The zero-order chi connectivity index (χ0) is 14.8. The van der Waals surface area contributed by atoms with Crippen molar-refractivity contribution in [1.82, 2.24) is 4.31 Å². The van der Waals surface area contributed by atoms with Gasteiger partial charge in [0.05, 0.1) is 4.90 Å². The van der Waals surface area contributed by atoms with Crippen LogP contribution in [0.25, 0.3) is 0 Å². The van der Waals surface area contributed by atoms with Crippen LogP contribution in [0.2, 0.25) is 0 Å². The molecule has 1 aromatic carbocycles. The van der Waals surface area contributed by atoms with Gasteiger partial charge in [0.15, 0.2) is 0 Å². The fraction of sp³-hybridized carbons (Fsp3) is 0.571. The van der Waals surface area contributed by atoms with Crippen LogP contribution in [0, 0.1) is 18.7 Å². The second-order valence-electron chi connectivity index (χ2n) is 5.26. The minimum Gasteiger partial charge on any atom is -0.207 e. The summed E-state index contributed by atoms with van der Waals surface area (Å²) < 4.78 is 39.9. The largest absolute Gasteiger partial charge is 0.243 e. The molecule has 6 heteroatoms. The lowest BCUT2D eigenvalue weighted by molar-refractivity contribution is 0.262. The van der Waals surface area contributed by atoms with E-state index >= 15 is 0 Å². The lowest BCUT2D eigenvalue weighted by Crippen LogP contribution is -2.40. The monoisotopic (exact) mass is 319 g/mol. The van der Waals surface area contributed by atoms with E-state index < -0.39 is 15.8 Å². The van der Waals surface area contributed by atoms with E-state index in [1.807, 2.05) is 0 Å². The highest BCUT2D eigenvalue weighted by Crippen LogP contribution is 2.27. The standard InChI is InChI=1S/C14H19ClFNO2S/c1-11-9-13(16)4-5-14(11)20(18,19)17-8-2-3-12(10-17)6-7-15/h4-5,9,12H,2-3,6-8,10H2,1H3. The first-order chi connectivity index (χ1) is 9.45. The van der Waals surface area contributed by atoms with Gasteiger partial charge in [-0.15, -0.1) is 11.6 Å². The van der Waals surface area contributed by atoms with Crippen molar-refractivity contribution in [3.05, 3.63) is 29.6 Å². The van der Waals surface area contributed by atoms with E-state index in [9.17, 15) is 12.8 Å². The highest BCUT2D eigenvalue weighted by molar-refractivity contribution is 7.89. The zero-order valence-corrected chi connectivity index (χ0v) is 13.1. The lowest BCUT2D eigenvalue weighted by atomic mass is 9.97. The van der Waals surface area contributed by atoms with E-state index in [-0.39, 0.29) is 4.90 Å². The van der Waals surface area contributed by atoms with Crippen molar-refractivity contribution in [2.24, 2.45) is 5.92 Å². The minimum atomic E-state index is -3.54. The van der Waals surface area contributed by atoms with Crippen molar-refractivity contribution >= 4 is 21.6 Å². The van der Waals surface area contributed by atoms with Crippen molar-refractivity contribution in [3.63, 3.8) is 0 Å². The van der Waals surface area contributed by atoms with Gasteiger partial charge in [0.2, 0.25) is 10.0 Å². The minimum absolute atomic E-state index is 0.199. The first kappa shape index (κ1) is 15.7. The topological polar surface area (TPSA) is 37.4 Å². The smallest absolute Gasteiger partial charge is 0.207 e. The van der Waals surface area contributed by atoms with Crippen molar-refractivity contribution in [3.8, 4) is 0 Å². The molecule has 1 unspecified atom stereocenters. The second kappa shape index (κ2) is 6.41. The van der Waals surface area contributed by atoms with Crippen molar-refractivity contribution in [2.75, 3.05) is 19.0 Å². The van der Waals surface area contributed by atoms with E-state index in [4.69, 9.17) is 11.6 Å². The SMILES string of the molecule is Cc1cc(F)ccc1S(=O)(=O)N1CCCC(CCCl)C1. The van der Waals surface area contributed by atoms with Crippen LogP contribution in [0.5, 0.6) is 0 Å². The molecule has 1 saturated heterocycles. The zero-order valence-electron chi connectivity index (χ0n) is 11.5. The molecular weight excluding hydrogens is 301 g/mol. The molecule has 0 radical (unpaired) electrons. The molecule has 1 aliphatic rings. The Hall–Kier alpha value is -0.650. The van der Waals surface area contributed by atoms with Crippen LogP contribution in [0.1, 0.15) is 24.8 Å². The third-order valence-electron chi connectivity index (χ3n) is 3.75. The number of hydrogen-bond acceptors (Lipinski definition) is 2. The van der Waals surface area contributed by atoms with Gasteiger partial charge >= 0.3 is 0 Å². The first-order valence-corrected chi connectivity index (χ1v) is 8.75. The van der Waals surface area contributed by atoms with Crippen LogP contribution in [0.15, 0.2) is 23.1 Å². The van der Waals surface area contributed by atoms with E-state index in [2.05, 4.69) is 0 Å². The summed E-state index contributed by atoms with van der Waals surface area (Å²) in [7, 11) is -3.54. The highest BCUT2D eigenvalue weighted by Gasteiger charge is 2.30. The van der Waals surface area contributed by atoms with Crippen molar-refractivity contribution in [2.45, 2.75) is 31.1 Å². The average Bonchev–Trinajstić information content (AvgIpc) is 2.39. The summed E-state index contributed by atoms with van der Waals surface area (Å²) in [5, 5.41) is 0. The first-order valence-electron chi connectivity index (χ1n) is 6.77. The van der Waals surface area contributed by atoms with Crippen molar-refractivity contribution < 1.29 is 12.8 Å². The molecule has 112 valence electrons. The molecule has 1 aromatic rings. The van der Waals surface area contributed by atoms with E-state index in [0.29, 0.717) is 30.5 Å². The number of halogens is 2. The number of alkyl halides is 1. The Morgan fingerprint density at radius 1 is 1.45 bits per heavy atom. The Bertz CT molecular complexity index is 575. The number of piperidine rings is 1. The maximum atomic E-state index is 13.1. The molecule has 0 N–H and O–H groups in total. The van der Waals surface area contributed by atoms with Crippen molar-refractivity contribution in [1.29, 1.82) is 0 Å². The van der Waals surface area contributed by atoms with Gasteiger partial charge in [-0.25, -0.2) is 12.8 Å². The summed E-state index contributed by atoms with van der Waals surface area (Å²) >= 11 is 5.75. The normalized spacial score (nSPS) is 21.1. The fourth-order valence-electron chi connectivity index (χ4n) is 2.68. The molecule has 0 bridgehead atoms. The number of sulfonamides is 1. The number of benzene rings is 1. The van der Waals surface area contributed by atoms with E-state index in [0.717, 1.165) is 19.3 Å². The van der Waals surface area contributed by atoms with E-state index in [1.54, 1.807) is 6.92 Å². The van der Waals surface area contributed by atoms with Gasteiger partial charge in [-0.2, -0.15) is 4.31 Å². The molecule has 1 heterocycles. The molecule has 1 aliphatic heterocycles. The van der Waals surface area contributed by atoms with Gasteiger partial charge in [0.1, 0.15) is 5.82 Å². The molecule has 0 aromatic heterocycles. The van der Waals surface area contributed by atoms with Gasteiger partial charge < -0.3 is 0 Å². The Balaban J connectivity index is 2.25. The quantitative estimate of drug-likeness (QED) is 0.799. The summed E-state index contributed by atoms with van der Waals surface area (Å²) in [6.45, 7) is 2.65. The molecule has 0 aliphatic carbocycles. The summed E-state index contributed by atoms with van der Waals surface area (Å²) in [5.74, 6) is 0.450. The predicted molar refractivity (Wildman–Crippen MR) is 78.0 cm³/mol. The molecule has 0 saturated carbocycles. The van der Waals surface area contributed by atoms with Crippen LogP contribution >= 0.6 is 11.6 Å². The Morgan fingerprint density at radius 2 is 2.20 bits per heavy atom. The summed E-state index contributed by atoms with van der Waals surface area (Å²) in [6.07, 6.45) is 2.69. The summed E-state index contributed by atoms with van der Waals surface area (Å²) in [6, 6.07) is 3.80. The summed E-state index contributed by atoms with van der Waals surface area (Å²) in [5.41, 5.74) is 0.449. The van der Waals surface area contributed by atoms with Crippen LogP contribution in [-0.4, -0.2) is 31.7 Å². The van der Waals surface area contributed by atoms with Crippen LogP contribution in [-0.2, 0) is 10.0 Å². The maximum absolute atomic E-state index is 13.1. The van der Waals surface area contributed by atoms with Gasteiger partial charge in [0, 0.05) is 19.0 Å². The van der Waals surface area contributed by atoms with E-state index in [1.165, 1.54) is 22.5 Å². The average molecular weight is 320 g/mol. The third kappa shape index (κ3) is 3.32. The Labute approximate surface area is 124 Å². The summed E-state index contributed by atoms with van der Waals surface area (Å²) in [4.78, 5) is 0.199.